The molecule has 0 spiro atoms. The van der Waals surface area contributed by atoms with E-state index in [1.165, 1.54) is 8.55 Å². The summed E-state index contributed by atoms with van der Waals surface area (Å²) in [6, 6.07) is 0. The molecule has 2 radical (unpaired) electrons. The first-order valence-corrected chi connectivity index (χ1v) is 15.0. The first-order valence-electron chi connectivity index (χ1n) is 6.00. The molecule has 90 valence electrons. The van der Waals surface area contributed by atoms with Crippen molar-refractivity contribution in [2.24, 2.45) is 0 Å². The second kappa shape index (κ2) is 4.15. The maximum atomic E-state index is 2.59. The molecule has 0 rings (SSSR count). The zero-order valence-corrected chi connectivity index (χ0v) is 15.5. The van der Waals surface area contributed by atoms with Crippen LogP contribution < -0.4 is 0 Å². The molecule has 3 heteroatoms. The van der Waals surface area contributed by atoms with Crippen LogP contribution in [0.2, 0.25) is 36.3 Å². The van der Waals surface area contributed by atoms with Gasteiger partial charge in [0.15, 0.2) is 0 Å². The fourth-order valence-electron chi connectivity index (χ4n) is 1.16. The van der Waals surface area contributed by atoms with Crippen LogP contribution in [0.5, 0.6) is 0 Å². The first kappa shape index (κ1) is 15.7. The van der Waals surface area contributed by atoms with Crippen LogP contribution in [0.15, 0.2) is 0 Å². The fraction of sp³-hybridized carbons (Fsp3) is 1.00. The van der Waals surface area contributed by atoms with Gasteiger partial charge in [0, 0.05) is 23.7 Å². The van der Waals surface area contributed by atoms with Gasteiger partial charge in [0.2, 0.25) is 0 Å². The van der Waals surface area contributed by atoms with E-state index in [1.807, 2.05) is 0 Å². The van der Waals surface area contributed by atoms with Crippen LogP contribution in [0.3, 0.4) is 0 Å². The predicted octanol–water partition coefficient (Wildman–Crippen LogP) is 4.70. The highest BCUT2D eigenvalue weighted by molar-refractivity contribution is 7.53. The van der Waals surface area contributed by atoms with Crippen LogP contribution in [-0.2, 0) is 0 Å². The van der Waals surface area contributed by atoms with Crippen LogP contribution in [0.4, 0.5) is 0 Å². The molecule has 0 aromatic rings. The Hall–Kier alpha value is 0.651. The molecule has 0 fully saturated rings. The Morgan fingerprint density at radius 3 is 0.933 bits per heavy atom. The van der Waals surface area contributed by atoms with Gasteiger partial charge in [0.05, 0.1) is 0 Å². The van der Waals surface area contributed by atoms with Gasteiger partial charge in [-0.3, -0.25) is 0 Å². The lowest BCUT2D eigenvalue weighted by atomic mass is 10.2. The Labute approximate surface area is 102 Å². The van der Waals surface area contributed by atoms with E-state index in [0.717, 1.165) is 0 Å². The van der Waals surface area contributed by atoms with Gasteiger partial charge in [-0.1, -0.05) is 67.7 Å². The van der Waals surface area contributed by atoms with E-state index in [-0.39, 0.29) is 0 Å². The van der Waals surface area contributed by atoms with E-state index < -0.39 is 15.2 Å². The molecule has 0 bridgehead atoms. The first-order chi connectivity index (χ1) is 6.21. The van der Waals surface area contributed by atoms with E-state index in [1.54, 1.807) is 0 Å². The van der Waals surface area contributed by atoms with E-state index in [0.29, 0.717) is 10.1 Å². The van der Waals surface area contributed by atoms with E-state index in [2.05, 4.69) is 67.7 Å². The smallest absolute Gasteiger partial charge is 0.0383 e. The fourth-order valence-corrected chi connectivity index (χ4v) is 31.2. The molecule has 0 nitrogen and oxygen atoms in total. The van der Waals surface area contributed by atoms with Crippen LogP contribution in [0.25, 0.3) is 0 Å². The highest BCUT2D eigenvalue weighted by Gasteiger charge is 2.45. The lowest BCUT2D eigenvalue weighted by molar-refractivity contribution is 0.728. The molecular weight excluding hydrogens is 228 g/mol. The molecule has 0 aliphatic carbocycles. The molecule has 0 saturated heterocycles. The molecular formula is C12H30Si3. The minimum absolute atomic E-state index is 0.557. The summed E-state index contributed by atoms with van der Waals surface area (Å²) in [6.07, 6.45) is 0. The molecule has 0 aromatic heterocycles. The molecule has 0 saturated carbocycles. The van der Waals surface area contributed by atoms with Gasteiger partial charge in [0.1, 0.15) is 0 Å². The second-order valence-electron chi connectivity index (χ2n) is 7.88. The second-order valence-corrected chi connectivity index (χ2v) is 28.1. The zero-order valence-electron chi connectivity index (χ0n) is 12.5. The number of hydrogen-bond donors (Lipinski definition) is 0. The third-order valence-corrected chi connectivity index (χ3v) is 32.6. The Balaban J connectivity index is 4.89. The van der Waals surface area contributed by atoms with Crippen molar-refractivity contribution >= 4 is 23.7 Å². The molecule has 0 N–H and O–H groups in total. The third-order valence-electron chi connectivity index (χ3n) is 4.38. The maximum Gasteiger partial charge on any atom is 0.0383 e. The number of rotatable bonds is 2. The topological polar surface area (TPSA) is 0 Å². The third kappa shape index (κ3) is 3.86. The summed E-state index contributed by atoms with van der Waals surface area (Å²) in [5, 5.41) is 1.11. The van der Waals surface area contributed by atoms with Gasteiger partial charge in [-0.2, -0.15) is 0 Å². The van der Waals surface area contributed by atoms with Crippen LogP contribution >= 0.6 is 0 Å². The Morgan fingerprint density at radius 1 is 0.600 bits per heavy atom. The standard InChI is InChI=1S/C12H30Si3/c1-11(2,3)14(7,8)13-15(9,10)12(4,5)6/h1-10H3. The van der Waals surface area contributed by atoms with E-state index in [4.69, 9.17) is 0 Å². The minimum Gasteiger partial charge on any atom is -0.0715 e. The van der Waals surface area contributed by atoms with Crippen LogP contribution in [-0.4, -0.2) is 23.7 Å². The van der Waals surface area contributed by atoms with Crippen molar-refractivity contribution in [2.75, 3.05) is 0 Å². The van der Waals surface area contributed by atoms with Crippen LogP contribution in [0, 0.1) is 0 Å². The van der Waals surface area contributed by atoms with Crippen molar-refractivity contribution in [1.29, 1.82) is 0 Å². The molecule has 0 heterocycles. The van der Waals surface area contributed by atoms with Gasteiger partial charge >= 0.3 is 0 Å². The van der Waals surface area contributed by atoms with Crippen molar-refractivity contribution in [2.45, 2.75) is 77.8 Å². The van der Waals surface area contributed by atoms with Crippen molar-refractivity contribution in [1.82, 2.24) is 0 Å². The Bertz CT molecular complexity index is 192. The highest BCUT2D eigenvalue weighted by Crippen LogP contribution is 2.42. The lowest BCUT2D eigenvalue weighted by Crippen LogP contribution is -2.59. The predicted molar refractivity (Wildman–Crippen MR) is 80.1 cm³/mol. The summed E-state index contributed by atoms with van der Waals surface area (Å²) in [5.74, 6) is 0. The van der Waals surface area contributed by atoms with Crippen molar-refractivity contribution < 1.29 is 0 Å². The maximum absolute atomic E-state index is 2.59. The van der Waals surface area contributed by atoms with Crippen molar-refractivity contribution in [3.05, 3.63) is 0 Å². The molecule has 0 atom stereocenters. The summed E-state index contributed by atoms with van der Waals surface area (Å²) in [7, 11) is -0.855. The Kier molecular flexibility index (Phi) is 4.33. The SMILES string of the molecule is CC(C)(C)[Si](C)(C)[Si][Si](C)(C)C(C)(C)C. The van der Waals surface area contributed by atoms with Gasteiger partial charge in [0.25, 0.3) is 0 Å². The quantitative estimate of drug-likeness (QED) is 0.630. The molecule has 0 aliphatic rings. The summed E-state index contributed by atoms with van der Waals surface area (Å²) in [6.45, 7) is 25.0. The molecule has 0 amide bonds. The lowest BCUT2D eigenvalue weighted by Gasteiger charge is -2.46. The normalized spacial score (nSPS) is 15.6. The van der Waals surface area contributed by atoms with Crippen molar-refractivity contribution in [3.8, 4) is 0 Å². The monoisotopic (exact) mass is 258 g/mol. The van der Waals surface area contributed by atoms with E-state index in [9.17, 15) is 0 Å². The average molecular weight is 259 g/mol. The summed E-state index contributed by atoms with van der Waals surface area (Å²) >= 11 is 0. The summed E-state index contributed by atoms with van der Waals surface area (Å²) in [4.78, 5) is 0. The largest absolute Gasteiger partial charge is 0.0715 e. The van der Waals surface area contributed by atoms with Gasteiger partial charge in [-0.25, -0.2) is 0 Å². The molecule has 0 unspecified atom stereocenters. The van der Waals surface area contributed by atoms with Gasteiger partial charge in [-0.15, -0.1) is 0 Å². The minimum atomic E-state index is -1.06. The highest BCUT2D eigenvalue weighted by atomic mass is 29.6. The average Bonchev–Trinajstić information content (AvgIpc) is 1.77. The van der Waals surface area contributed by atoms with Crippen LogP contribution in [0.1, 0.15) is 41.5 Å². The summed E-state index contributed by atoms with van der Waals surface area (Å²) < 4.78 is 0. The number of hydrogen-bond acceptors (Lipinski definition) is 0. The molecule has 15 heavy (non-hydrogen) atoms. The Morgan fingerprint density at radius 2 is 0.800 bits per heavy atom. The van der Waals surface area contributed by atoms with Gasteiger partial charge in [-0.05, 0) is 10.1 Å². The molecule has 0 aromatic carbocycles. The summed E-state index contributed by atoms with van der Waals surface area (Å²) in [5.41, 5.74) is 0. The van der Waals surface area contributed by atoms with E-state index >= 15 is 0 Å². The zero-order chi connectivity index (χ0) is 12.7. The van der Waals surface area contributed by atoms with Gasteiger partial charge < -0.3 is 0 Å². The molecule has 0 aliphatic heterocycles. The van der Waals surface area contributed by atoms with Crippen molar-refractivity contribution in [3.63, 3.8) is 0 Å².